The molecule has 3 nitrogen and oxygen atoms in total. The van der Waals surface area contributed by atoms with Crippen molar-refractivity contribution in [2.75, 3.05) is 6.61 Å². The van der Waals surface area contributed by atoms with Crippen LogP contribution < -0.4 is 0 Å². The normalized spacial score (nSPS) is 9.62. The van der Waals surface area contributed by atoms with Crippen LogP contribution >= 0.6 is 27.5 Å². The molecule has 84 valence electrons. The molecule has 0 heterocycles. The number of halogens is 2. The van der Waals surface area contributed by atoms with Gasteiger partial charge in [0, 0.05) is 5.33 Å². The monoisotopic (exact) mass is 301 g/mol. The van der Waals surface area contributed by atoms with Crippen molar-refractivity contribution in [3.8, 4) is 6.07 Å². The molecular formula is C11H9BrClNO2. The minimum Gasteiger partial charge on any atom is -0.462 e. The van der Waals surface area contributed by atoms with Gasteiger partial charge in [0.1, 0.15) is 6.07 Å². The fraction of sp³-hybridized carbons (Fsp3) is 0.273. The van der Waals surface area contributed by atoms with Gasteiger partial charge in [-0.05, 0) is 24.6 Å². The highest BCUT2D eigenvalue weighted by molar-refractivity contribution is 9.08. The molecule has 1 rings (SSSR count). The Labute approximate surface area is 107 Å². The Balaban J connectivity index is 3.31. The predicted molar refractivity (Wildman–Crippen MR) is 64.8 cm³/mol. The number of hydrogen-bond acceptors (Lipinski definition) is 3. The van der Waals surface area contributed by atoms with E-state index >= 15 is 0 Å². The minimum atomic E-state index is -0.440. The lowest BCUT2D eigenvalue weighted by Crippen LogP contribution is -2.09. The number of benzene rings is 1. The number of hydrogen-bond donors (Lipinski definition) is 0. The third-order valence-electron chi connectivity index (χ3n) is 2.00. The Kier molecular flexibility index (Phi) is 4.78. The number of esters is 1. The lowest BCUT2D eigenvalue weighted by molar-refractivity contribution is 0.0525. The topological polar surface area (TPSA) is 50.1 Å². The van der Waals surface area contributed by atoms with Crippen molar-refractivity contribution in [3.05, 3.63) is 33.8 Å². The van der Waals surface area contributed by atoms with Crippen LogP contribution in [0.3, 0.4) is 0 Å². The Morgan fingerprint density at radius 1 is 1.62 bits per heavy atom. The molecule has 0 amide bonds. The molecule has 0 aliphatic heterocycles. The van der Waals surface area contributed by atoms with E-state index in [1.54, 1.807) is 13.0 Å². The first-order valence-corrected chi connectivity index (χ1v) is 6.10. The van der Waals surface area contributed by atoms with Crippen LogP contribution in [-0.2, 0) is 10.1 Å². The summed E-state index contributed by atoms with van der Waals surface area (Å²) >= 11 is 9.10. The molecule has 1 aromatic carbocycles. The van der Waals surface area contributed by atoms with Crippen LogP contribution in [0.4, 0.5) is 0 Å². The molecule has 0 aromatic heterocycles. The van der Waals surface area contributed by atoms with Crippen molar-refractivity contribution >= 4 is 33.5 Å². The highest BCUT2D eigenvalue weighted by Gasteiger charge is 2.17. The van der Waals surface area contributed by atoms with Crippen molar-refractivity contribution in [1.29, 1.82) is 5.26 Å². The molecule has 16 heavy (non-hydrogen) atoms. The summed E-state index contributed by atoms with van der Waals surface area (Å²) in [5.41, 5.74) is 1.25. The van der Waals surface area contributed by atoms with Gasteiger partial charge in [0.15, 0.2) is 0 Å². The molecule has 0 bridgehead atoms. The number of carbonyl (C=O) groups excluding carboxylic acids is 1. The molecule has 0 aliphatic carbocycles. The van der Waals surface area contributed by atoms with Gasteiger partial charge in [-0.1, -0.05) is 27.5 Å². The van der Waals surface area contributed by atoms with Crippen molar-refractivity contribution < 1.29 is 9.53 Å². The molecule has 0 saturated heterocycles. The zero-order valence-electron chi connectivity index (χ0n) is 8.59. The summed E-state index contributed by atoms with van der Waals surface area (Å²) in [6.45, 7) is 2.03. The molecule has 0 unspecified atom stereocenters. The first-order valence-electron chi connectivity index (χ1n) is 4.60. The third kappa shape index (κ3) is 2.55. The van der Waals surface area contributed by atoms with Gasteiger partial charge in [-0.15, -0.1) is 0 Å². The fourth-order valence-electron chi connectivity index (χ4n) is 1.28. The van der Waals surface area contributed by atoms with Crippen molar-refractivity contribution in [2.45, 2.75) is 12.3 Å². The first kappa shape index (κ1) is 13.0. The van der Waals surface area contributed by atoms with Crippen LogP contribution in [-0.4, -0.2) is 12.6 Å². The Bertz CT molecular complexity index is 454. The van der Waals surface area contributed by atoms with Crippen LogP contribution in [0.1, 0.15) is 28.4 Å². The Hall–Kier alpha value is -1.05. The lowest BCUT2D eigenvalue weighted by Gasteiger charge is -2.09. The maximum absolute atomic E-state index is 11.6. The first-order chi connectivity index (χ1) is 7.65. The zero-order valence-corrected chi connectivity index (χ0v) is 10.9. The molecule has 0 fully saturated rings. The van der Waals surface area contributed by atoms with Crippen molar-refractivity contribution in [1.82, 2.24) is 0 Å². The predicted octanol–water partition coefficient (Wildman–Crippen LogP) is 3.28. The van der Waals surface area contributed by atoms with E-state index in [0.717, 1.165) is 0 Å². The number of carbonyl (C=O) groups is 1. The number of nitriles is 1. The zero-order chi connectivity index (χ0) is 12.1. The Morgan fingerprint density at radius 2 is 2.31 bits per heavy atom. The molecule has 5 heteroatoms. The fourth-order valence-corrected chi connectivity index (χ4v) is 2.08. The van der Waals surface area contributed by atoms with Gasteiger partial charge in [0.25, 0.3) is 0 Å². The van der Waals surface area contributed by atoms with E-state index < -0.39 is 5.97 Å². The SMILES string of the molecule is CCOC(=O)c1ccc(Cl)c(C#N)c1CBr. The average molecular weight is 303 g/mol. The number of ether oxygens (including phenoxy) is 1. The van der Waals surface area contributed by atoms with E-state index in [-0.39, 0.29) is 0 Å². The van der Waals surface area contributed by atoms with Gasteiger partial charge in [0.2, 0.25) is 0 Å². The summed E-state index contributed by atoms with van der Waals surface area (Å²) in [4.78, 5) is 11.6. The molecule has 0 aliphatic rings. The van der Waals surface area contributed by atoms with Gasteiger partial charge >= 0.3 is 5.97 Å². The summed E-state index contributed by atoms with van der Waals surface area (Å²) in [6, 6.07) is 5.08. The van der Waals surface area contributed by atoms with E-state index in [1.165, 1.54) is 6.07 Å². The van der Waals surface area contributed by atoms with Gasteiger partial charge < -0.3 is 4.74 Å². The molecule has 0 N–H and O–H groups in total. The maximum Gasteiger partial charge on any atom is 0.338 e. The van der Waals surface area contributed by atoms with Gasteiger partial charge in [-0.2, -0.15) is 5.26 Å². The van der Waals surface area contributed by atoms with Crippen LogP contribution in [0.2, 0.25) is 5.02 Å². The van der Waals surface area contributed by atoms with Crippen LogP contribution in [0.5, 0.6) is 0 Å². The van der Waals surface area contributed by atoms with Crippen molar-refractivity contribution in [3.63, 3.8) is 0 Å². The number of nitrogens with zero attached hydrogens (tertiary/aromatic N) is 1. The largest absolute Gasteiger partial charge is 0.462 e. The van der Waals surface area contributed by atoms with Crippen LogP contribution in [0.15, 0.2) is 12.1 Å². The van der Waals surface area contributed by atoms with Crippen molar-refractivity contribution in [2.24, 2.45) is 0 Å². The average Bonchev–Trinajstić information content (AvgIpc) is 2.28. The summed E-state index contributed by atoms with van der Waals surface area (Å²) in [6.07, 6.45) is 0. The van der Waals surface area contributed by atoms with Gasteiger partial charge in [0.05, 0.1) is 22.8 Å². The van der Waals surface area contributed by atoms with E-state index in [4.69, 9.17) is 21.6 Å². The van der Waals surface area contributed by atoms with E-state index in [1.807, 2.05) is 6.07 Å². The minimum absolute atomic E-state index is 0.297. The summed E-state index contributed by atoms with van der Waals surface area (Å²) in [7, 11) is 0. The standard InChI is InChI=1S/C11H9BrClNO2/c1-2-16-11(15)7-3-4-10(13)9(6-14)8(7)5-12/h3-4H,2,5H2,1H3. The van der Waals surface area contributed by atoms with Crippen LogP contribution in [0.25, 0.3) is 0 Å². The number of alkyl halides is 1. The van der Waals surface area contributed by atoms with E-state index in [9.17, 15) is 4.79 Å². The van der Waals surface area contributed by atoms with E-state index in [0.29, 0.717) is 33.6 Å². The summed E-state index contributed by atoms with van der Waals surface area (Å²) < 4.78 is 4.90. The highest BCUT2D eigenvalue weighted by atomic mass is 79.9. The second-order valence-corrected chi connectivity index (χ2v) is 3.88. The summed E-state index contributed by atoms with van der Waals surface area (Å²) in [5.74, 6) is -0.440. The lowest BCUT2D eigenvalue weighted by atomic mass is 10.0. The summed E-state index contributed by atoms with van der Waals surface area (Å²) in [5, 5.41) is 9.68. The number of rotatable bonds is 3. The molecule has 0 radical (unpaired) electrons. The second kappa shape index (κ2) is 5.88. The van der Waals surface area contributed by atoms with Gasteiger partial charge in [-0.25, -0.2) is 4.79 Å². The highest BCUT2D eigenvalue weighted by Crippen LogP contribution is 2.25. The molecule has 0 saturated carbocycles. The molecular weight excluding hydrogens is 293 g/mol. The smallest absolute Gasteiger partial charge is 0.338 e. The molecule has 0 spiro atoms. The van der Waals surface area contributed by atoms with E-state index in [2.05, 4.69) is 15.9 Å². The maximum atomic E-state index is 11.6. The second-order valence-electron chi connectivity index (χ2n) is 2.91. The molecule has 0 atom stereocenters. The quantitative estimate of drug-likeness (QED) is 0.636. The van der Waals surface area contributed by atoms with Crippen LogP contribution in [0, 0.1) is 11.3 Å². The Morgan fingerprint density at radius 3 is 2.81 bits per heavy atom. The molecule has 1 aromatic rings. The van der Waals surface area contributed by atoms with Gasteiger partial charge in [-0.3, -0.25) is 0 Å². The third-order valence-corrected chi connectivity index (χ3v) is 2.88.